The Morgan fingerprint density at radius 1 is 1.47 bits per heavy atom. The highest BCUT2D eigenvalue weighted by molar-refractivity contribution is 6.32. The highest BCUT2D eigenvalue weighted by Gasteiger charge is 2.11. The Morgan fingerprint density at radius 3 is 2.79 bits per heavy atom. The van der Waals surface area contributed by atoms with Crippen molar-refractivity contribution in [3.05, 3.63) is 41.4 Å². The van der Waals surface area contributed by atoms with Gasteiger partial charge in [-0.05, 0) is 30.7 Å². The zero-order chi connectivity index (χ0) is 14.3. The minimum Gasteiger partial charge on any atom is -0.490 e. The van der Waals surface area contributed by atoms with Gasteiger partial charge in [0.2, 0.25) is 0 Å². The standard InChI is InChI=1S/C14H15ClO4/c1-3-7-19-14-11(15)8-10(5-6-13(16)17)9-12(14)18-4-2/h3,5-6,8-9H,1,4,7H2,2H3,(H,16,17)/b6-5+. The Bertz CT molecular complexity index is 494. The summed E-state index contributed by atoms with van der Waals surface area (Å²) in [4.78, 5) is 10.5. The van der Waals surface area contributed by atoms with Crippen molar-refractivity contribution >= 4 is 23.6 Å². The van der Waals surface area contributed by atoms with E-state index in [0.29, 0.717) is 35.3 Å². The van der Waals surface area contributed by atoms with E-state index in [9.17, 15) is 4.79 Å². The van der Waals surface area contributed by atoms with Crippen molar-refractivity contribution in [3.63, 3.8) is 0 Å². The van der Waals surface area contributed by atoms with Crippen LogP contribution in [-0.2, 0) is 4.79 Å². The number of rotatable bonds is 7. The molecule has 0 spiro atoms. The third kappa shape index (κ3) is 4.67. The number of carboxylic acid groups (broad SMARTS) is 1. The predicted molar refractivity (Wildman–Crippen MR) is 75.0 cm³/mol. The first-order chi connectivity index (χ1) is 9.08. The smallest absolute Gasteiger partial charge is 0.328 e. The molecule has 4 nitrogen and oxygen atoms in total. The fraction of sp³-hybridized carbons (Fsp3) is 0.214. The van der Waals surface area contributed by atoms with Gasteiger partial charge in [-0.1, -0.05) is 24.3 Å². The van der Waals surface area contributed by atoms with Gasteiger partial charge < -0.3 is 14.6 Å². The fourth-order valence-electron chi connectivity index (χ4n) is 1.40. The molecule has 1 N–H and O–H groups in total. The van der Waals surface area contributed by atoms with Crippen molar-refractivity contribution in [1.82, 2.24) is 0 Å². The van der Waals surface area contributed by atoms with Crippen molar-refractivity contribution < 1.29 is 19.4 Å². The molecule has 0 bridgehead atoms. The van der Waals surface area contributed by atoms with Crippen LogP contribution in [0.15, 0.2) is 30.9 Å². The Labute approximate surface area is 116 Å². The average molecular weight is 283 g/mol. The number of carbonyl (C=O) groups is 1. The van der Waals surface area contributed by atoms with Gasteiger partial charge in [-0.15, -0.1) is 0 Å². The first-order valence-electron chi connectivity index (χ1n) is 5.69. The maximum absolute atomic E-state index is 10.5. The molecule has 0 saturated carbocycles. The van der Waals surface area contributed by atoms with Crippen LogP contribution in [0.4, 0.5) is 0 Å². The molecule has 0 radical (unpaired) electrons. The van der Waals surface area contributed by atoms with Crippen LogP contribution in [0.2, 0.25) is 5.02 Å². The number of carboxylic acids is 1. The lowest BCUT2D eigenvalue weighted by atomic mass is 10.2. The molecule has 1 aromatic carbocycles. The van der Waals surface area contributed by atoms with E-state index in [0.717, 1.165) is 6.08 Å². The molecule has 0 fully saturated rings. The summed E-state index contributed by atoms with van der Waals surface area (Å²) >= 11 is 6.10. The van der Waals surface area contributed by atoms with Crippen LogP contribution in [0.5, 0.6) is 11.5 Å². The van der Waals surface area contributed by atoms with Gasteiger partial charge in [-0.3, -0.25) is 0 Å². The predicted octanol–water partition coefficient (Wildman–Crippen LogP) is 3.40. The molecule has 0 unspecified atom stereocenters. The first kappa shape index (κ1) is 15.1. The zero-order valence-electron chi connectivity index (χ0n) is 10.6. The van der Waals surface area contributed by atoms with Crippen LogP contribution in [-0.4, -0.2) is 24.3 Å². The second-order valence-electron chi connectivity index (χ2n) is 3.53. The quantitative estimate of drug-likeness (QED) is 0.615. The van der Waals surface area contributed by atoms with Gasteiger partial charge in [0.25, 0.3) is 0 Å². The van der Waals surface area contributed by atoms with Crippen LogP contribution in [0.1, 0.15) is 12.5 Å². The summed E-state index contributed by atoms with van der Waals surface area (Å²) in [6, 6.07) is 3.29. The summed E-state index contributed by atoms with van der Waals surface area (Å²) in [5, 5.41) is 8.96. The third-order valence-corrected chi connectivity index (χ3v) is 2.38. The highest BCUT2D eigenvalue weighted by Crippen LogP contribution is 2.37. The lowest BCUT2D eigenvalue weighted by Gasteiger charge is -2.13. The molecule has 102 valence electrons. The minimum absolute atomic E-state index is 0.310. The molecule has 1 aromatic rings. The summed E-state index contributed by atoms with van der Waals surface area (Å²) in [5.74, 6) is -0.126. The summed E-state index contributed by atoms with van der Waals surface area (Å²) in [6.07, 6.45) is 4.07. The van der Waals surface area contributed by atoms with Gasteiger partial charge in [-0.2, -0.15) is 0 Å². The van der Waals surface area contributed by atoms with E-state index in [1.165, 1.54) is 6.08 Å². The van der Waals surface area contributed by atoms with E-state index in [1.807, 2.05) is 6.92 Å². The molecule has 0 aliphatic rings. The number of hydrogen-bond donors (Lipinski definition) is 1. The van der Waals surface area contributed by atoms with E-state index < -0.39 is 5.97 Å². The van der Waals surface area contributed by atoms with Crippen molar-refractivity contribution in [3.8, 4) is 11.5 Å². The summed E-state index contributed by atoms with van der Waals surface area (Å²) < 4.78 is 10.9. The van der Waals surface area contributed by atoms with Crippen LogP contribution in [0, 0.1) is 0 Å². The number of ether oxygens (including phenoxy) is 2. The van der Waals surface area contributed by atoms with E-state index in [2.05, 4.69) is 6.58 Å². The molecule has 1 rings (SSSR count). The van der Waals surface area contributed by atoms with Gasteiger partial charge in [0.15, 0.2) is 11.5 Å². The van der Waals surface area contributed by atoms with Gasteiger partial charge in [-0.25, -0.2) is 4.79 Å². The third-order valence-electron chi connectivity index (χ3n) is 2.10. The Kier molecular flexibility index (Phi) is 5.96. The van der Waals surface area contributed by atoms with Crippen LogP contribution in [0.25, 0.3) is 6.08 Å². The van der Waals surface area contributed by atoms with Crippen molar-refractivity contribution in [1.29, 1.82) is 0 Å². The second-order valence-corrected chi connectivity index (χ2v) is 3.94. The van der Waals surface area contributed by atoms with Gasteiger partial charge in [0.05, 0.1) is 11.6 Å². The van der Waals surface area contributed by atoms with E-state index in [1.54, 1.807) is 18.2 Å². The molecule has 0 heterocycles. The summed E-state index contributed by atoms with van der Waals surface area (Å²) in [6.45, 7) is 6.16. The number of benzene rings is 1. The van der Waals surface area contributed by atoms with Crippen molar-refractivity contribution in [2.24, 2.45) is 0 Å². The number of aliphatic carboxylic acids is 1. The zero-order valence-corrected chi connectivity index (χ0v) is 11.3. The van der Waals surface area contributed by atoms with Crippen molar-refractivity contribution in [2.75, 3.05) is 13.2 Å². The second kappa shape index (κ2) is 7.48. The largest absolute Gasteiger partial charge is 0.490 e. The maximum Gasteiger partial charge on any atom is 0.328 e. The molecule has 0 amide bonds. The molecular formula is C14H15ClO4. The fourth-order valence-corrected chi connectivity index (χ4v) is 1.67. The molecule has 0 aliphatic heterocycles. The topological polar surface area (TPSA) is 55.8 Å². The van der Waals surface area contributed by atoms with Crippen molar-refractivity contribution in [2.45, 2.75) is 6.92 Å². The Hall–Kier alpha value is -1.94. The Balaban J connectivity index is 3.12. The molecular weight excluding hydrogens is 268 g/mol. The van der Waals surface area contributed by atoms with Gasteiger partial charge in [0, 0.05) is 6.08 Å². The van der Waals surface area contributed by atoms with E-state index >= 15 is 0 Å². The molecule has 0 saturated heterocycles. The van der Waals surface area contributed by atoms with Crippen LogP contribution >= 0.6 is 11.6 Å². The van der Waals surface area contributed by atoms with E-state index in [-0.39, 0.29) is 0 Å². The summed E-state index contributed by atoms with van der Waals surface area (Å²) in [7, 11) is 0. The molecule has 0 atom stereocenters. The maximum atomic E-state index is 10.5. The normalized spacial score (nSPS) is 10.4. The Morgan fingerprint density at radius 2 is 2.21 bits per heavy atom. The lowest BCUT2D eigenvalue weighted by Crippen LogP contribution is -2.00. The monoisotopic (exact) mass is 282 g/mol. The number of hydrogen-bond acceptors (Lipinski definition) is 3. The van der Waals surface area contributed by atoms with Gasteiger partial charge in [0.1, 0.15) is 6.61 Å². The average Bonchev–Trinajstić information content (AvgIpc) is 2.36. The minimum atomic E-state index is -1.03. The molecule has 19 heavy (non-hydrogen) atoms. The van der Waals surface area contributed by atoms with Gasteiger partial charge >= 0.3 is 5.97 Å². The van der Waals surface area contributed by atoms with E-state index in [4.69, 9.17) is 26.2 Å². The first-order valence-corrected chi connectivity index (χ1v) is 6.07. The molecule has 5 heteroatoms. The highest BCUT2D eigenvalue weighted by atomic mass is 35.5. The van der Waals surface area contributed by atoms with Crippen LogP contribution in [0.3, 0.4) is 0 Å². The SMILES string of the molecule is C=CCOc1c(Cl)cc(/C=C/C(=O)O)cc1OCC. The van der Waals surface area contributed by atoms with Crippen LogP contribution < -0.4 is 9.47 Å². The lowest BCUT2D eigenvalue weighted by molar-refractivity contribution is -0.131. The summed E-state index contributed by atoms with van der Waals surface area (Å²) in [5.41, 5.74) is 0.627. The molecule has 0 aromatic heterocycles. The number of halogens is 1. The molecule has 0 aliphatic carbocycles.